The quantitative estimate of drug-likeness (QED) is 0.165. The van der Waals surface area contributed by atoms with Crippen LogP contribution in [-0.4, -0.2) is 0 Å². The van der Waals surface area contributed by atoms with Gasteiger partial charge in [0.25, 0.3) is 0 Å². The third kappa shape index (κ3) is 30.8. The normalized spacial score (nSPS) is 16.4. The molecule has 8 rings (SSSR count). The van der Waals surface area contributed by atoms with E-state index in [2.05, 4.69) is 397 Å². The third-order valence-electron chi connectivity index (χ3n) is 21.2. The van der Waals surface area contributed by atoms with Gasteiger partial charge in [0.2, 0.25) is 0 Å². The van der Waals surface area contributed by atoms with Crippen molar-refractivity contribution in [2.75, 3.05) is 0 Å². The predicted octanol–water partition coefficient (Wildman–Crippen LogP) is 32.2. The van der Waals surface area contributed by atoms with Crippen molar-refractivity contribution in [1.82, 2.24) is 0 Å². The van der Waals surface area contributed by atoms with Crippen molar-refractivity contribution in [3.05, 3.63) is 211 Å². The van der Waals surface area contributed by atoms with E-state index in [1.165, 1.54) is 118 Å². The van der Waals surface area contributed by atoms with Gasteiger partial charge in [-0.3, -0.25) is 0 Å². The van der Waals surface area contributed by atoms with E-state index >= 15 is 0 Å². The number of hydrogen-bond donors (Lipinski definition) is 0. The van der Waals surface area contributed by atoms with Gasteiger partial charge in [0, 0.05) is 2.74 Å². The summed E-state index contributed by atoms with van der Waals surface area (Å²) in [5.74, 6) is -0.0271. The molecule has 578 valence electrons. The standard InChI is InChI=1S/C22H38.C18H30.2C16H24.C16H26.C15H24/c1-19(2,3)15-13-16(20(4,5)6)18(22(10,11)12)17(14-15)21(7,8)9;1-16(2,3)13-10-11-14(17(4,5)6)15(12-13)18(7,8)9;2*1-16(2,3)15-11-9-14(10-12-15)13-7-5-4-6-8-13;1-12(15(2,3)4)13-8-10-14(11-9-13)16(5,6)7;1-14(2,3)11-12-7-9-13(10-8-12)15(4,5)6/h13-14H,1-12H3;10-12H,1-9H3;2*9-13H,4-8H2,1-3H3;8-12H,1-7H3;7-10H,11H2,1-6H3/i;;13D;;12D;. The maximum Gasteiger partial charge on any atom is 0.0355 e. The zero-order valence-corrected chi connectivity index (χ0v) is 75.5. The average Bonchev–Trinajstić information content (AvgIpc) is 0.745. The monoisotopic (exact) mass is 1410 g/mol. The molecule has 2 aliphatic rings. The molecule has 0 radical (unpaired) electrons. The molecule has 6 aromatic rings. The second-order valence-corrected chi connectivity index (χ2v) is 45.0. The molecule has 0 N–H and O–H groups in total. The Labute approximate surface area is 645 Å². The fourth-order valence-electron chi connectivity index (χ4n) is 13.9. The van der Waals surface area contributed by atoms with Gasteiger partial charge in [-0.2, -0.15) is 0 Å². The summed E-state index contributed by atoms with van der Waals surface area (Å²) in [7, 11) is 0. The van der Waals surface area contributed by atoms with Crippen LogP contribution in [0.15, 0.2) is 127 Å². The van der Waals surface area contributed by atoms with E-state index in [0.717, 1.165) is 30.7 Å². The molecule has 0 nitrogen and oxygen atoms in total. The third-order valence-corrected chi connectivity index (χ3v) is 21.2. The number of rotatable bonds is 4. The largest absolute Gasteiger partial charge is 0.0599 e. The molecule has 0 spiro atoms. The van der Waals surface area contributed by atoms with Gasteiger partial charge in [0.1, 0.15) is 0 Å². The Morgan fingerprint density at radius 2 is 0.583 bits per heavy atom. The van der Waals surface area contributed by atoms with Crippen LogP contribution in [0.2, 0.25) is 0 Å². The maximum absolute atomic E-state index is 8.59. The van der Waals surface area contributed by atoms with Gasteiger partial charge in [-0.1, -0.05) is 443 Å². The summed E-state index contributed by atoms with van der Waals surface area (Å²) in [6, 6.07) is 47.7. The summed E-state index contributed by atoms with van der Waals surface area (Å²) >= 11 is 0. The lowest BCUT2D eigenvalue weighted by atomic mass is 9.66. The summed E-state index contributed by atoms with van der Waals surface area (Å²) in [5, 5.41) is 0. The van der Waals surface area contributed by atoms with Crippen LogP contribution in [0.4, 0.5) is 0 Å². The van der Waals surface area contributed by atoms with E-state index in [1.807, 2.05) is 6.92 Å². The molecule has 1 unspecified atom stereocenters. The van der Waals surface area contributed by atoms with Crippen molar-refractivity contribution in [2.45, 2.75) is 425 Å². The van der Waals surface area contributed by atoms with Crippen LogP contribution in [0.5, 0.6) is 0 Å². The Bertz CT molecular complexity index is 3530. The average molecular weight is 1410 g/mol. The fourth-order valence-corrected chi connectivity index (χ4v) is 13.9. The van der Waals surface area contributed by atoms with Crippen LogP contribution in [0.1, 0.15) is 445 Å². The molecule has 2 saturated carbocycles. The van der Waals surface area contributed by atoms with Gasteiger partial charge in [-0.25, -0.2) is 0 Å². The Kier molecular flexibility index (Phi) is 30.7. The first-order valence-corrected chi connectivity index (χ1v) is 40.7. The predicted molar refractivity (Wildman–Crippen MR) is 467 cm³/mol. The molecule has 0 bridgehead atoms. The zero-order valence-electron chi connectivity index (χ0n) is 77.5. The van der Waals surface area contributed by atoms with Crippen molar-refractivity contribution in [1.29, 1.82) is 0 Å². The summed E-state index contributed by atoms with van der Waals surface area (Å²) in [6.07, 6.45) is 14.0. The fraction of sp³-hybridized carbons (Fsp3) is 0.650. The van der Waals surface area contributed by atoms with Gasteiger partial charge in [0.05, 0.1) is 0 Å². The molecule has 103 heavy (non-hydrogen) atoms. The van der Waals surface area contributed by atoms with Crippen molar-refractivity contribution < 1.29 is 2.74 Å². The van der Waals surface area contributed by atoms with Crippen molar-refractivity contribution in [2.24, 2.45) is 10.8 Å². The minimum absolute atomic E-state index is 0.0593. The number of benzene rings is 6. The Morgan fingerprint density at radius 3 is 0.883 bits per heavy atom. The van der Waals surface area contributed by atoms with E-state index in [1.54, 1.807) is 11.1 Å². The second-order valence-electron chi connectivity index (χ2n) is 45.0. The molecule has 1 atom stereocenters. The summed E-state index contributed by atoms with van der Waals surface area (Å²) in [5.41, 5.74) is 23.8. The Morgan fingerprint density at radius 1 is 0.291 bits per heavy atom. The van der Waals surface area contributed by atoms with E-state index in [9.17, 15) is 0 Å². The minimum atomic E-state index is -0.552. The van der Waals surface area contributed by atoms with Crippen LogP contribution >= 0.6 is 0 Å². The minimum Gasteiger partial charge on any atom is -0.0599 e. The SMILES string of the molecule is CC(C)(C)Cc1ccc(C(C)(C)C)cc1.CC(C)(C)c1cc(C(C)(C)C)c(C(C)(C)C)c(C(C)(C)C)c1.CC(C)(C)c1ccc(C(C)(C)C)c(C(C)(C)C)c1.CC(C)(C)c1ccc(C2CCCCC2)cc1.[2H]C(C)(c1ccc(C(C)(C)C)cc1)C(C)(C)C.[2H]C1(c2ccc(C(C)(C)C)cc2)CCCCC1. The smallest absolute Gasteiger partial charge is 0.0355 e. The highest BCUT2D eigenvalue weighted by molar-refractivity contribution is 5.51. The first kappa shape index (κ1) is 88.9. The lowest BCUT2D eigenvalue weighted by molar-refractivity contribution is 0.339. The first-order valence-electron chi connectivity index (χ1n) is 41.7. The second kappa shape index (κ2) is 35.6. The van der Waals surface area contributed by atoms with Crippen molar-refractivity contribution >= 4 is 0 Å². The van der Waals surface area contributed by atoms with E-state index in [0.29, 0.717) is 5.41 Å². The first-order chi connectivity index (χ1) is 46.9. The van der Waals surface area contributed by atoms with Gasteiger partial charge >= 0.3 is 0 Å². The highest BCUT2D eigenvalue weighted by Crippen LogP contribution is 2.45. The number of hydrogen-bond acceptors (Lipinski definition) is 0. The topological polar surface area (TPSA) is 0 Å². The summed E-state index contributed by atoms with van der Waals surface area (Å²) in [6.45, 7) is 90.9. The lowest BCUT2D eigenvalue weighted by Gasteiger charge is -2.38. The van der Waals surface area contributed by atoms with Crippen LogP contribution in [0.25, 0.3) is 0 Å². The molecule has 0 aromatic heterocycles. The van der Waals surface area contributed by atoms with E-state index in [4.69, 9.17) is 2.74 Å². The molecule has 0 saturated heterocycles. The molecular weight excluding hydrogens is 1240 g/mol. The van der Waals surface area contributed by atoms with E-state index < -0.39 is 5.89 Å². The molecule has 0 heterocycles. The van der Waals surface area contributed by atoms with Crippen LogP contribution in [0.3, 0.4) is 0 Å². The molecule has 2 fully saturated rings. The summed E-state index contributed by atoms with van der Waals surface area (Å²) in [4.78, 5) is 0. The highest BCUT2D eigenvalue weighted by atomic mass is 14.4. The molecule has 0 heteroatoms. The highest BCUT2D eigenvalue weighted by Gasteiger charge is 2.35. The van der Waals surface area contributed by atoms with Crippen LogP contribution in [-0.2, 0) is 66.0 Å². The molecule has 0 aliphatic heterocycles. The van der Waals surface area contributed by atoms with Gasteiger partial charge in [-0.05, 0) is 204 Å². The molecule has 6 aromatic carbocycles. The molecule has 2 aliphatic carbocycles. The van der Waals surface area contributed by atoms with E-state index in [-0.39, 0.29) is 70.9 Å². The molecule has 0 amide bonds. The van der Waals surface area contributed by atoms with Gasteiger partial charge < -0.3 is 0 Å². The Hall–Kier alpha value is -4.68. The lowest BCUT2D eigenvalue weighted by Crippen LogP contribution is -2.29. The van der Waals surface area contributed by atoms with Gasteiger partial charge in [0.15, 0.2) is 0 Å². The zero-order chi connectivity index (χ0) is 81.4. The van der Waals surface area contributed by atoms with Crippen LogP contribution < -0.4 is 0 Å². The summed E-state index contributed by atoms with van der Waals surface area (Å²) < 4.78 is 17.1. The van der Waals surface area contributed by atoms with Crippen LogP contribution in [0, 0.1) is 10.8 Å². The maximum atomic E-state index is 8.59. The Balaban J connectivity index is 0.000000328. The van der Waals surface area contributed by atoms with Crippen molar-refractivity contribution in [3.63, 3.8) is 0 Å². The van der Waals surface area contributed by atoms with Gasteiger partial charge in [-0.15, -0.1) is 0 Å². The van der Waals surface area contributed by atoms with Crippen molar-refractivity contribution in [3.8, 4) is 0 Å². The molecular formula is C103H166.